The summed E-state index contributed by atoms with van der Waals surface area (Å²) in [6, 6.07) is -0.964. The molecule has 2 rings (SSSR count). The molecule has 10 nitrogen and oxygen atoms in total. The van der Waals surface area contributed by atoms with Crippen molar-refractivity contribution in [3.8, 4) is 0 Å². The second kappa shape index (κ2) is 5.15. The minimum Gasteiger partial charge on any atom is -0.394 e. The van der Waals surface area contributed by atoms with E-state index in [0.29, 0.717) is 0 Å². The highest BCUT2D eigenvalue weighted by Crippen LogP contribution is 2.32. The highest BCUT2D eigenvalue weighted by molar-refractivity contribution is 5.88. The number of rotatable bonds is 3. The number of hydrogen-bond acceptors (Lipinski definition) is 7. The lowest BCUT2D eigenvalue weighted by atomic mass is 10.1. The number of carbonyl (C=O) groups is 2. The van der Waals surface area contributed by atoms with Crippen molar-refractivity contribution in [2.45, 2.75) is 31.3 Å². The van der Waals surface area contributed by atoms with Gasteiger partial charge in [-0.05, 0) is 0 Å². The molecular formula is C10H15N5O5. The summed E-state index contributed by atoms with van der Waals surface area (Å²) in [6.45, 7) is 0.706. The minimum atomic E-state index is -1.38. The topological polar surface area (TPSA) is 155 Å². The Kier molecular flexibility index (Phi) is 3.70. The van der Waals surface area contributed by atoms with Crippen molar-refractivity contribution in [1.82, 2.24) is 19.7 Å². The second-order valence-electron chi connectivity index (χ2n) is 4.48. The Hall–Kier alpha value is -2.04. The molecule has 1 aliphatic rings. The number of aromatic nitrogens is 3. The molecule has 0 unspecified atom stereocenters. The third-order valence-corrected chi connectivity index (χ3v) is 3.24. The summed E-state index contributed by atoms with van der Waals surface area (Å²) in [5.74, 6) is -1.60. The number of amides is 2. The Morgan fingerprint density at radius 2 is 2.05 bits per heavy atom. The van der Waals surface area contributed by atoms with Gasteiger partial charge in [0.25, 0.3) is 5.91 Å². The molecule has 10 heteroatoms. The Bertz CT molecular complexity index is 532. The minimum absolute atomic E-state index is 0.275. The molecule has 2 heterocycles. The molecule has 1 saturated heterocycles. The maximum absolute atomic E-state index is 11.7. The van der Waals surface area contributed by atoms with E-state index in [1.807, 2.05) is 0 Å². The van der Waals surface area contributed by atoms with Gasteiger partial charge in [-0.15, -0.1) is 5.10 Å². The summed E-state index contributed by atoms with van der Waals surface area (Å²) in [5.41, 5.74) is 5.03. The predicted molar refractivity (Wildman–Crippen MR) is 63.0 cm³/mol. The highest BCUT2D eigenvalue weighted by atomic mass is 16.3. The first kappa shape index (κ1) is 14.4. The van der Waals surface area contributed by atoms with Crippen LogP contribution in [0.1, 0.15) is 23.7 Å². The zero-order chi connectivity index (χ0) is 15.0. The van der Waals surface area contributed by atoms with Crippen molar-refractivity contribution >= 4 is 11.8 Å². The van der Waals surface area contributed by atoms with E-state index in [2.05, 4.69) is 10.1 Å². The first-order valence-corrected chi connectivity index (χ1v) is 5.85. The summed E-state index contributed by atoms with van der Waals surface area (Å²) in [6.07, 6.45) is -2.66. The van der Waals surface area contributed by atoms with Crippen molar-refractivity contribution in [1.29, 1.82) is 0 Å². The Morgan fingerprint density at radius 1 is 1.40 bits per heavy atom. The number of likely N-dealkylation sites (tertiary alicyclic amines) is 1. The number of carbonyl (C=O) groups excluding carboxylic acids is 2. The fraction of sp³-hybridized carbons (Fsp3) is 0.600. The molecule has 2 amide bonds. The van der Waals surface area contributed by atoms with Crippen molar-refractivity contribution in [2.24, 2.45) is 5.73 Å². The molecule has 0 aromatic carbocycles. The van der Waals surface area contributed by atoms with Gasteiger partial charge in [-0.1, -0.05) is 0 Å². The molecule has 4 atom stereocenters. The van der Waals surface area contributed by atoms with Gasteiger partial charge < -0.3 is 26.0 Å². The van der Waals surface area contributed by atoms with E-state index in [-0.39, 0.29) is 5.82 Å². The average molecular weight is 285 g/mol. The quantitative estimate of drug-likeness (QED) is 0.456. The molecule has 0 aliphatic carbocycles. The van der Waals surface area contributed by atoms with E-state index < -0.39 is 42.8 Å². The number of primary amides is 1. The largest absolute Gasteiger partial charge is 0.394 e. The molecule has 1 aromatic heterocycles. The number of aliphatic hydroxyl groups is 3. The van der Waals surface area contributed by atoms with Crippen molar-refractivity contribution in [3.63, 3.8) is 0 Å². The van der Waals surface area contributed by atoms with E-state index in [4.69, 9.17) is 5.73 Å². The van der Waals surface area contributed by atoms with Gasteiger partial charge >= 0.3 is 0 Å². The van der Waals surface area contributed by atoms with E-state index in [1.165, 1.54) is 6.92 Å². The van der Waals surface area contributed by atoms with Crippen LogP contribution in [-0.4, -0.2) is 71.7 Å². The van der Waals surface area contributed by atoms with E-state index in [0.717, 1.165) is 15.9 Å². The van der Waals surface area contributed by atoms with E-state index in [1.54, 1.807) is 0 Å². The Balaban J connectivity index is 2.40. The molecule has 0 saturated carbocycles. The van der Waals surface area contributed by atoms with Crippen LogP contribution in [0, 0.1) is 0 Å². The fourth-order valence-electron chi connectivity index (χ4n) is 2.34. The van der Waals surface area contributed by atoms with Gasteiger partial charge in [0.1, 0.15) is 18.5 Å². The lowest BCUT2D eigenvalue weighted by Gasteiger charge is -2.28. The van der Waals surface area contributed by atoms with Crippen molar-refractivity contribution in [3.05, 3.63) is 12.2 Å². The van der Waals surface area contributed by atoms with Gasteiger partial charge in [0, 0.05) is 6.92 Å². The lowest BCUT2D eigenvalue weighted by Crippen LogP contribution is -2.43. The molecule has 0 spiro atoms. The third kappa shape index (κ3) is 2.13. The molecule has 0 bridgehead atoms. The first-order chi connectivity index (χ1) is 9.38. The summed E-state index contributed by atoms with van der Waals surface area (Å²) < 4.78 is 1.06. The summed E-state index contributed by atoms with van der Waals surface area (Å²) in [4.78, 5) is 27.4. The normalized spacial score (nSPS) is 29.7. The van der Waals surface area contributed by atoms with Gasteiger partial charge in [0.2, 0.25) is 11.7 Å². The average Bonchev–Trinajstić information content (AvgIpc) is 2.94. The van der Waals surface area contributed by atoms with E-state index >= 15 is 0 Å². The molecule has 110 valence electrons. The molecule has 1 aliphatic heterocycles. The zero-order valence-electron chi connectivity index (χ0n) is 10.6. The Labute approximate surface area is 113 Å². The standard InChI is InChI=1S/C10H15N5O5/c1-4(17)15-5(2-16)6(18)7(19)10(15)14-3-12-9(13-14)8(11)20/h3,5-7,10,16,18-19H,2H2,1H3,(H2,11,20)/t5-,6-,7-,10-/m0/s1. The van der Waals surface area contributed by atoms with Crippen LogP contribution in [0.15, 0.2) is 6.33 Å². The summed E-state index contributed by atoms with van der Waals surface area (Å²) in [5, 5.41) is 32.9. The molecule has 1 aromatic rings. The van der Waals surface area contributed by atoms with Crippen LogP contribution in [0.3, 0.4) is 0 Å². The van der Waals surface area contributed by atoms with Crippen LogP contribution in [-0.2, 0) is 4.79 Å². The van der Waals surface area contributed by atoms with Gasteiger partial charge in [-0.2, -0.15) is 0 Å². The maximum atomic E-state index is 11.7. The molecule has 20 heavy (non-hydrogen) atoms. The van der Waals surface area contributed by atoms with Crippen LogP contribution in [0.25, 0.3) is 0 Å². The fourth-order valence-corrected chi connectivity index (χ4v) is 2.34. The second-order valence-corrected chi connectivity index (χ2v) is 4.48. The lowest BCUT2D eigenvalue weighted by molar-refractivity contribution is -0.136. The maximum Gasteiger partial charge on any atom is 0.288 e. The van der Waals surface area contributed by atoms with Gasteiger partial charge in [-0.25, -0.2) is 9.67 Å². The van der Waals surface area contributed by atoms with Crippen molar-refractivity contribution < 1.29 is 24.9 Å². The molecular weight excluding hydrogens is 270 g/mol. The van der Waals surface area contributed by atoms with Crippen LogP contribution in [0.2, 0.25) is 0 Å². The zero-order valence-corrected chi connectivity index (χ0v) is 10.6. The molecule has 1 fully saturated rings. The van der Waals surface area contributed by atoms with Gasteiger partial charge in [0.15, 0.2) is 6.17 Å². The summed E-state index contributed by atoms with van der Waals surface area (Å²) >= 11 is 0. The number of nitrogens with zero attached hydrogens (tertiary/aromatic N) is 4. The predicted octanol–water partition coefficient (Wildman–Crippen LogP) is -3.18. The monoisotopic (exact) mass is 285 g/mol. The highest BCUT2D eigenvalue weighted by Gasteiger charge is 2.50. The van der Waals surface area contributed by atoms with Crippen LogP contribution in [0.4, 0.5) is 0 Å². The van der Waals surface area contributed by atoms with Crippen LogP contribution >= 0.6 is 0 Å². The van der Waals surface area contributed by atoms with Crippen LogP contribution < -0.4 is 5.73 Å². The van der Waals surface area contributed by atoms with E-state index in [9.17, 15) is 24.9 Å². The number of aliphatic hydroxyl groups excluding tert-OH is 3. The van der Waals surface area contributed by atoms with Gasteiger partial charge in [0.05, 0.1) is 12.6 Å². The van der Waals surface area contributed by atoms with Gasteiger partial charge in [-0.3, -0.25) is 9.59 Å². The smallest absolute Gasteiger partial charge is 0.288 e. The first-order valence-electron chi connectivity index (χ1n) is 5.85. The van der Waals surface area contributed by atoms with Crippen molar-refractivity contribution in [2.75, 3.05) is 6.61 Å². The molecule has 5 N–H and O–H groups in total. The SMILES string of the molecule is CC(=O)N1[C@H](n2cnc(C(N)=O)n2)[C@@H](O)[C@@H](O)[C@@H]1CO. The molecule has 0 radical (unpaired) electrons. The van der Waals surface area contributed by atoms with Crippen LogP contribution in [0.5, 0.6) is 0 Å². The third-order valence-electron chi connectivity index (χ3n) is 3.24. The number of hydrogen-bond donors (Lipinski definition) is 4. The Morgan fingerprint density at radius 3 is 2.50 bits per heavy atom. The number of nitrogens with two attached hydrogens (primary N) is 1. The summed E-state index contributed by atoms with van der Waals surface area (Å²) in [7, 11) is 0.